The summed E-state index contributed by atoms with van der Waals surface area (Å²) in [4.78, 5) is 22.8. The highest BCUT2D eigenvalue weighted by Gasteiger charge is 2.04. The molecule has 0 saturated carbocycles. The van der Waals surface area contributed by atoms with Gasteiger partial charge in [0.2, 0.25) is 0 Å². The Hall–Kier alpha value is -2.56. The predicted octanol–water partition coefficient (Wildman–Crippen LogP) is 1.99. The van der Waals surface area contributed by atoms with Crippen LogP contribution in [0.3, 0.4) is 0 Å². The second-order valence-corrected chi connectivity index (χ2v) is 4.12. The summed E-state index contributed by atoms with van der Waals surface area (Å²) >= 11 is 0. The van der Waals surface area contributed by atoms with Crippen LogP contribution in [0.2, 0.25) is 0 Å². The minimum Gasteiger partial charge on any atom is -0.497 e. The Morgan fingerprint density at radius 3 is 2.52 bits per heavy atom. The molecule has 0 heterocycles. The highest BCUT2D eigenvalue weighted by atomic mass is 16.5. The lowest BCUT2D eigenvalue weighted by atomic mass is 10.2. The van der Waals surface area contributed by atoms with Crippen LogP contribution in [-0.4, -0.2) is 25.6 Å². The third-order valence-corrected chi connectivity index (χ3v) is 2.53. The van der Waals surface area contributed by atoms with E-state index >= 15 is 0 Å². The molecule has 0 aliphatic carbocycles. The standard InChI is InChI=1S/C16H19NO4/c1-3-4-5-6-16(19)21-12-15(18)17-11-13-7-9-14(20-2)10-8-13/h3-10H,11-12H2,1-2H3,(H,17,18)/b4-3+,6-5+. The lowest BCUT2D eigenvalue weighted by Crippen LogP contribution is -2.28. The van der Waals surface area contributed by atoms with Crippen LogP contribution >= 0.6 is 0 Å². The molecule has 5 heteroatoms. The molecular formula is C16H19NO4. The highest BCUT2D eigenvalue weighted by molar-refractivity contribution is 5.85. The van der Waals surface area contributed by atoms with Gasteiger partial charge in [0.05, 0.1) is 7.11 Å². The molecule has 0 aromatic heterocycles. The van der Waals surface area contributed by atoms with E-state index in [4.69, 9.17) is 9.47 Å². The van der Waals surface area contributed by atoms with Crippen molar-refractivity contribution in [1.82, 2.24) is 5.32 Å². The van der Waals surface area contributed by atoms with Gasteiger partial charge in [-0.3, -0.25) is 4.79 Å². The summed E-state index contributed by atoms with van der Waals surface area (Å²) in [5.74, 6) is -0.141. The van der Waals surface area contributed by atoms with Crippen molar-refractivity contribution in [3.8, 4) is 5.75 Å². The molecular weight excluding hydrogens is 270 g/mol. The number of esters is 1. The molecule has 0 spiro atoms. The van der Waals surface area contributed by atoms with Crippen molar-refractivity contribution < 1.29 is 19.1 Å². The number of nitrogens with one attached hydrogen (secondary N) is 1. The first-order valence-electron chi connectivity index (χ1n) is 6.51. The maximum atomic E-state index is 11.5. The molecule has 0 radical (unpaired) electrons. The monoisotopic (exact) mass is 289 g/mol. The van der Waals surface area contributed by atoms with Crippen LogP contribution in [0.1, 0.15) is 12.5 Å². The fraction of sp³-hybridized carbons (Fsp3) is 0.250. The van der Waals surface area contributed by atoms with E-state index < -0.39 is 5.97 Å². The lowest BCUT2D eigenvalue weighted by Gasteiger charge is -2.06. The third kappa shape index (κ3) is 6.96. The Labute approximate surface area is 124 Å². The van der Waals surface area contributed by atoms with Crippen LogP contribution < -0.4 is 10.1 Å². The number of benzene rings is 1. The van der Waals surface area contributed by atoms with E-state index in [9.17, 15) is 9.59 Å². The number of hydrogen-bond acceptors (Lipinski definition) is 4. The van der Waals surface area contributed by atoms with E-state index in [1.807, 2.05) is 31.2 Å². The molecule has 1 aromatic rings. The van der Waals surface area contributed by atoms with Crippen LogP contribution in [0.15, 0.2) is 48.6 Å². The minimum atomic E-state index is -0.548. The number of carbonyl (C=O) groups is 2. The van der Waals surface area contributed by atoms with E-state index in [0.29, 0.717) is 6.54 Å². The van der Waals surface area contributed by atoms with Crippen molar-refractivity contribution in [2.75, 3.05) is 13.7 Å². The number of methoxy groups -OCH3 is 1. The summed E-state index contributed by atoms with van der Waals surface area (Å²) < 4.78 is 9.83. The van der Waals surface area contributed by atoms with Crippen molar-refractivity contribution in [3.63, 3.8) is 0 Å². The topological polar surface area (TPSA) is 64.6 Å². The molecule has 0 unspecified atom stereocenters. The number of allylic oxidation sites excluding steroid dienone is 3. The number of carbonyl (C=O) groups excluding carboxylic acids is 2. The lowest BCUT2D eigenvalue weighted by molar-refractivity contribution is -0.143. The smallest absolute Gasteiger partial charge is 0.331 e. The van der Waals surface area contributed by atoms with E-state index in [1.165, 1.54) is 6.08 Å². The van der Waals surface area contributed by atoms with Crippen molar-refractivity contribution in [3.05, 3.63) is 54.1 Å². The largest absolute Gasteiger partial charge is 0.497 e. The molecule has 1 aromatic carbocycles. The second-order valence-electron chi connectivity index (χ2n) is 4.12. The first kappa shape index (κ1) is 16.5. The summed E-state index contributed by atoms with van der Waals surface area (Å²) in [6.45, 7) is 1.91. The van der Waals surface area contributed by atoms with Gasteiger partial charge >= 0.3 is 5.97 Å². The normalized spacial score (nSPS) is 10.8. The minimum absolute atomic E-state index is 0.296. The summed E-state index contributed by atoms with van der Waals surface area (Å²) in [5, 5.41) is 2.66. The number of ether oxygens (including phenoxy) is 2. The number of amides is 1. The Morgan fingerprint density at radius 1 is 1.19 bits per heavy atom. The number of hydrogen-bond donors (Lipinski definition) is 1. The molecule has 0 fully saturated rings. The van der Waals surface area contributed by atoms with E-state index in [1.54, 1.807) is 25.3 Å². The Balaban J connectivity index is 2.28. The van der Waals surface area contributed by atoms with Crippen molar-refractivity contribution in [2.24, 2.45) is 0 Å². The molecule has 5 nitrogen and oxygen atoms in total. The first-order valence-corrected chi connectivity index (χ1v) is 6.51. The average molecular weight is 289 g/mol. The van der Waals surface area contributed by atoms with Gasteiger partial charge in [-0.05, 0) is 24.6 Å². The van der Waals surface area contributed by atoms with E-state index in [-0.39, 0.29) is 12.5 Å². The SMILES string of the molecule is C/C=C/C=C/C(=O)OCC(=O)NCc1ccc(OC)cc1. The van der Waals surface area contributed by atoms with E-state index in [0.717, 1.165) is 11.3 Å². The maximum Gasteiger partial charge on any atom is 0.331 e. The molecule has 0 bridgehead atoms. The van der Waals surface area contributed by atoms with E-state index in [2.05, 4.69) is 5.32 Å². The molecule has 0 saturated heterocycles. The predicted molar refractivity (Wildman–Crippen MR) is 79.8 cm³/mol. The molecule has 1 rings (SSSR count). The maximum absolute atomic E-state index is 11.5. The summed E-state index contributed by atoms with van der Waals surface area (Å²) in [7, 11) is 1.59. The molecule has 0 aliphatic heterocycles. The fourth-order valence-electron chi connectivity index (χ4n) is 1.43. The highest BCUT2D eigenvalue weighted by Crippen LogP contribution is 2.10. The van der Waals surface area contributed by atoms with Crippen molar-refractivity contribution in [2.45, 2.75) is 13.5 Å². The summed E-state index contributed by atoms with van der Waals surface area (Å²) in [5.41, 5.74) is 0.934. The van der Waals surface area contributed by atoms with Gasteiger partial charge in [-0.15, -0.1) is 0 Å². The van der Waals surface area contributed by atoms with Gasteiger partial charge in [-0.25, -0.2) is 4.79 Å². The average Bonchev–Trinajstić information content (AvgIpc) is 2.51. The number of rotatable bonds is 7. The molecule has 1 N–H and O–H groups in total. The molecule has 0 atom stereocenters. The second kappa shape index (κ2) is 9.36. The van der Waals surface area contributed by atoms with Gasteiger partial charge in [0.25, 0.3) is 5.91 Å². The van der Waals surface area contributed by atoms with Crippen LogP contribution in [0.25, 0.3) is 0 Å². The molecule has 1 amide bonds. The van der Waals surface area contributed by atoms with Gasteiger partial charge in [-0.2, -0.15) is 0 Å². The van der Waals surface area contributed by atoms with Crippen LogP contribution in [-0.2, 0) is 20.9 Å². The summed E-state index contributed by atoms with van der Waals surface area (Å²) in [6.07, 6.45) is 6.30. The molecule has 0 aliphatic rings. The van der Waals surface area contributed by atoms with Gasteiger partial charge in [0.1, 0.15) is 5.75 Å². The van der Waals surface area contributed by atoms with Crippen LogP contribution in [0, 0.1) is 0 Å². The Morgan fingerprint density at radius 2 is 1.90 bits per heavy atom. The zero-order valence-electron chi connectivity index (χ0n) is 12.2. The van der Waals surface area contributed by atoms with Gasteiger partial charge < -0.3 is 14.8 Å². The van der Waals surface area contributed by atoms with Crippen molar-refractivity contribution in [1.29, 1.82) is 0 Å². The first-order chi connectivity index (χ1) is 10.2. The Kier molecular flexibility index (Phi) is 7.35. The zero-order chi connectivity index (χ0) is 15.5. The quantitative estimate of drug-likeness (QED) is 0.473. The zero-order valence-corrected chi connectivity index (χ0v) is 12.2. The summed E-state index contributed by atoms with van der Waals surface area (Å²) in [6, 6.07) is 7.33. The van der Waals surface area contributed by atoms with Crippen molar-refractivity contribution >= 4 is 11.9 Å². The van der Waals surface area contributed by atoms with Gasteiger partial charge in [0.15, 0.2) is 6.61 Å². The van der Waals surface area contributed by atoms with Gasteiger partial charge in [-0.1, -0.05) is 30.4 Å². The fourth-order valence-corrected chi connectivity index (χ4v) is 1.43. The van der Waals surface area contributed by atoms with Crippen LogP contribution in [0.4, 0.5) is 0 Å². The van der Waals surface area contributed by atoms with Crippen LogP contribution in [0.5, 0.6) is 5.75 Å². The van der Waals surface area contributed by atoms with Gasteiger partial charge in [0, 0.05) is 12.6 Å². The molecule has 21 heavy (non-hydrogen) atoms. The third-order valence-electron chi connectivity index (χ3n) is 2.53. The Bertz CT molecular complexity index is 518. The molecule has 112 valence electrons.